The Bertz CT molecular complexity index is 824. The lowest BCUT2D eigenvalue weighted by atomic mass is 10.2. The van der Waals surface area contributed by atoms with Crippen LogP contribution >= 0.6 is 38.9 Å². The molecule has 1 heterocycles. The van der Waals surface area contributed by atoms with Crippen LogP contribution in [0.2, 0.25) is 5.02 Å². The monoisotopic (exact) mass is 414 g/mol. The second kappa shape index (κ2) is 5.87. The van der Waals surface area contributed by atoms with Gasteiger partial charge in [0.2, 0.25) is 0 Å². The quantitative estimate of drug-likeness (QED) is 0.799. The third-order valence-electron chi connectivity index (χ3n) is 2.24. The summed E-state index contributed by atoms with van der Waals surface area (Å²) in [6.45, 7) is 0. The fraction of sp³-hybridized carbons (Fsp3) is 0. The number of nitrogens with zero attached hydrogens (tertiary/aromatic N) is 1. The van der Waals surface area contributed by atoms with E-state index in [1.165, 1.54) is 6.20 Å². The van der Waals surface area contributed by atoms with Crippen molar-refractivity contribution < 1.29 is 22.7 Å². The molecule has 1 aromatic carbocycles. The van der Waals surface area contributed by atoms with Gasteiger partial charge in [-0.1, -0.05) is 22.9 Å². The number of anilines is 1. The van der Waals surface area contributed by atoms with Gasteiger partial charge < -0.3 is 5.11 Å². The minimum Gasteiger partial charge on any atom is -0.478 e. The van der Waals surface area contributed by atoms with Gasteiger partial charge in [0.25, 0.3) is 10.0 Å². The van der Waals surface area contributed by atoms with Gasteiger partial charge in [0.15, 0.2) is 5.13 Å². The maximum atomic E-state index is 13.6. The smallest absolute Gasteiger partial charge is 0.337 e. The summed E-state index contributed by atoms with van der Waals surface area (Å²) in [7, 11) is -4.18. The normalized spacial score (nSPS) is 11.4. The van der Waals surface area contributed by atoms with Crippen LogP contribution < -0.4 is 4.72 Å². The highest BCUT2D eigenvalue weighted by atomic mass is 79.9. The van der Waals surface area contributed by atoms with Crippen molar-refractivity contribution in [3.05, 3.63) is 38.5 Å². The number of hydrogen-bond donors (Lipinski definition) is 2. The molecule has 2 N–H and O–H groups in total. The number of sulfonamides is 1. The van der Waals surface area contributed by atoms with Crippen molar-refractivity contribution >= 4 is 60.0 Å². The fourth-order valence-corrected chi connectivity index (χ4v) is 3.93. The van der Waals surface area contributed by atoms with Crippen molar-refractivity contribution in [1.82, 2.24) is 4.98 Å². The van der Waals surface area contributed by atoms with E-state index in [0.717, 1.165) is 17.4 Å². The summed E-state index contributed by atoms with van der Waals surface area (Å²) < 4.78 is 40.4. The van der Waals surface area contributed by atoms with E-state index in [2.05, 4.69) is 25.6 Å². The Hall–Kier alpha value is -1.23. The Morgan fingerprint density at radius 2 is 2.14 bits per heavy atom. The molecule has 6 nitrogen and oxygen atoms in total. The van der Waals surface area contributed by atoms with E-state index in [1.54, 1.807) is 0 Å². The predicted molar refractivity (Wildman–Crippen MR) is 79.0 cm³/mol. The van der Waals surface area contributed by atoms with E-state index in [4.69, 9.17) is 16.7 Å². The van der Waals surface area contributed by atoms with Gasteiger partial charge in [-0.05, 0) is 28.1 Å². The first-order valence-corrected chi connectivity index (χ1v) is 8.54. The molecule has 0 unspecified atom stereocenters. The average molecular weight is 416 g/mol. The SMILES string of the molecule is O=C(O)c1cc(S(=O)(=O)Nc2ncc(Br)s2)cc(F)c1Cl. The molecule has 0 aliphatic heterocycles. The minimum atomic E-state index is -4.18. The summed E-state index contributed by atoms with van der Waals surface area (Å²) in [5, 5.41) is 8.29. The Morgan fingerprint density at radius 1 is 1.48 bits per heavy atom. The van der Waals surface area contributed by atoms with Gasteiger partial charge in [0.05, 0.1) is 25.5 Å². The summed E-state index contributed by atoms with van der Waals surface area (Å²) in [5.41, 5.74) is -0.641. The van der Waals surface area contributed by atoms with Gasteiger partial charge in [-0.15, -0.1) is 0 Å². The molecule has 2 rings (SSSR count). The number of benzene rings is 1. The van der Waals surface area contributed by atoms with Crippen LogP contribution in [0.4, 0.5) is 9.52 Å². The van der Waals surface area contributed by atoms with Crippen LogP contribution in [-0.2, 0) is 10.0 Å². The zero-order valence-corrected chi connectivity index (χ0v) is 13.8. The second-order valence-electron chi connectivity index (χ2n) is 3.65. The summed E-state index contributed by atoms with van der Waals surface area (Å²) >= 11 is 9.61. The van der Waals surface area contributed by atoms with E-state index < -0.39 is 37.3 Å². The number of carboxylic acid groups (broad SMARTS) is 1. The van der Waals surface area contributed by atoms with E-state index in [9.17, 15) is 17.6 Å². The number of rotatable bonds is 4. The van der Waals surface area contributed by atoms with Crippen LogP contribution in [0.5, 0.6) is 0 Å². The molecule has 0 aliphatic rings. The van der Waals surface area contributed by atoms with E-state index in [1.807, 2.05) is 0 Å². The molecule has 0 saturated carbocycles. The standard InChI is InChI=1S/C10H5BrClFN2O4S2/c11-7-3-14-10(20-7)15-21(18,19)4-1-5(9(16)17)8(12)6(13)2-4/h1-3H,(H,14,15)(H,16,17). The number of hydrogen-bond acceptors (Lipinski definition) is 5. The number of nitrogens with one attached hydrogen (secondary N) is 1. The molecule has 11 heteroatoms. The zero-order valence-electron chi connectivity index (χ0n) is 9.80. The Labute approximate surface area is 135 Å². The van der Waals surface area contributed by atoms with Crippen LogP contribution in [0.15, 0.2) is 27.0 Å². The van der Waals surface area contributed by atoms with Gasteiger partial charge >= 0.3 is 5.97 Å². The third kappa shape index (κ3) is 3.51. The highest BCUT2D eigenvalue weighted by Crippen LogP contribution is 2.28. The molecule has 0 amide bonds. The number of thiazole rings is 1. The van der Waals surface area contributed by atoms with Crippen molar-refractivity contribution in [2.75, 3.05) is 4.72 Å². The minimum absolute atomic E-state index is 0.0501. The first kappa shape index (κ1) is 16.1. The first-order valence-electron chi connectivity index (χ1n) is 5.07. The number of aromatic nitrogens is 1. The summed E-state index contributed by atoms with van der Waals surface area (Å²) in [6, 6.07) is 1.42. The van der Waals surface area contributed by atoms with Crippen molar-refractivity contribution in [1.29, 1.82) is 0 Å². The third-order valence-corrected chi connectivity index (χ3v) is 5.46. The van der Waals surface area contributed by atoms with Gasteiger partial charge in [-0.3, -0.25) is 4.72 Å². The summed E-state index contributed by atoms with van der Waals surface area (Å²) in [6.07, 6.45) is 1.38. The largest absolute Gasteiger partial charge is 0.478 e. The van der Waals surface area contributed by atoms with Crippen molar-refractivity contribution in [2.45, 2.75) is 4.90 Å². The number of halogens is 3. The van der Waals surface area contributed by atoms with Crippen molar-refractivity contribution in [3.63, 3.8) is 0 Å². The van der Waals surface area contributed by atoms with Crippen molar-refractivity contribution in [3.8, 4) is 0 Å². The molecule has 0 aliphatic carbocycles. The number of carbonyl (C=O) groups is 1. The van der Waals surface area contributed by atoms with Gasteiger partial charge in [0, 0.05) is 0 Å². The predicted octanol–water partition coefficient (Wildman–Crippen LogP) is 3.20. The first-order chi connectivity index (χ1) is 9.70. The highest BCUT2D eigenvalue weighted by molar-refractivity contribution is 9.11. The summed E-state index contributed by atoms with van der Waals surface area (Å²) in [5.74, 6) is -2.68. The van der Waals surface area contributed by atoms with Crippen LogP contribution in [0.1, 0.15) is 10.4 Å². The molecule has 2 aromatic rings. The molecule has 0 atom stereocenters. The molecule has 0 spiro atoms. The summed E-state index contributed by atoms with van der Waals surface area (Å²) in [4.78, 5) is 14.1. The maximum Gasteiger partial charge on any atom is 0.337 e. The van der Waals surface area contributed by atoms with Crippen LogP contribution in [0, 0.1) is 5.82 Å². The van der Waals surface area contributed by atoms with Crippen LogP contribution in [0.3, 0.4) is 0 Å². The van der Waals surface area contributed by atoms with E-state index >= 15 is 0 Å². The Kier molecular flexibility index (Phi) is 4.51. The molecule has 0 saturated heterocycles. The van der Waals surface area contributed by atoms with Gasteiger partial charge in [-0.2, -0.15) is 0 Å². The lowest BCUT2D eigenvalue weighted by molar-refractivity contribution is 0.0696. The molecule has 0 fully saturated rings. The molecule has 0 bridgehead atoms. The molecular weight excluding hydrogens is 411 g/mol. The van der Waals surface area contributed by atoms with Gasteiger partial charge in [-0.25, -0.2) is 22.6 Å². The Morgan fingerprint density at radius 3 is 2.67 bits per heavy atom. The lowest BCUT2D eigenvalue weighted by Gasteiger charge is -2.08. The van der Waals surface area contributed by atoms with Crippen molar-refractivity contribution in [2.24, 2.45) is 0 Å². The maximum absolute atomic E-state index is 13.6. The average Bonchev–Trinajstić information content (AvgIpc) is 2.76. The molecule has 21 heavy (non-hydrogen) atoms. The van der Waals surface area contributed by atoms with Crippen LogP contribution in [-0.4, -0.2) is 24.5 Å². The molecule has 0 radical (unpaired) electrons. The number of aromatic carboxylic acids is 1. The fourth-order valence-electron chi connectivity index (χ4n) is 1.35. The molecular formula is C10H5BrClFN2O4S2. The topological polar surface area (TPSA) is 96.4 Å². The lowest BCUT2D eigenvalue weighted by Crippen LogP contribution is -2.14. The van der Waals surface area contributed by atoms with Gasteiger partial charge in [0.1, 0.15) is 5.82 Å². The zero-order chi connectivity index (χ0) is 15.8. The highest BCUT2D eigenvalue weighted by Gasteiger charge is 2.22. The van der Waals surface area contributed by atoms with E-state index in [0.29, 0.717) is 9.85 Å². The van der Waals surface area contributed by atoms with E-state index in [-0.39, 0.29) is 5.13 Å². The molecule has 1 aromatic heterocycles. The second-order valence-corrected chi connectivity index (χ2v) is 8.12. The number of carboxylic acids is 1. The molecule has 112 valence electrons. The van der Waals surface area contributed by atoms with Crippen LogP contribution in [0.25, 0.3) is 0 Å². The Balaban J connectivity index is 2.47.